The molecule has 1 rings (SSSR count). The van der Waals surface area contributed by atoms with Crippen molar-refractivity contribution in [2.75, 3.05) is 26.7 Å². The second-order valence-corrected chi connectivity index (χ2v) is 5.16. The third kappa shape index (κ3) is 6.54. The summed E-state index contributed by atoms with van der Waals surface area (Å²) in [7, 11) is 1.90. The molecule has 3 N–H and O–H groups in total. The van der Waals surface area contributed by atoms with Gasteiger partial charge in [-0.3, -0.25) is 9.69 Å². The topological polar surface area (TPSA) is 67.6 Å². The highest BCUT2D eigenvalue weighted by atomic mass is 16.5. The summed E-state index contributed by atoms with van der Waals surface area (Å²) >= 11 is 0. The lowest BCUT2D eigenvalue weighted by atomic mass is 10.2. The van der Waals surface area contributed by atoms with Gasteiger partial charge in [-0.25, -0.2) is 0 Å². The number of carbonyl (C=O) groups excluding carboxylic acids is 1. The summed E-state index contributed by atoms with van der Waals surface area (Å²) in [6.07, 6.45) is 0. The molecule has 0 heterocycles. The first kappa shape index (κ1) is 16.5. The van der Waals surface area contributed by atoms with Crippen molar-refractivity contribution in [3.05, 3.63) is 29.8 Å². The number of nitrogens with two attached hydrogens (primary N) is 1. The Kier molecular flexibility index (Phi) is 7.04. The lowest BCUT2D eigenvalue weighted by molar-refractivity contribution is -0.122. The molecule has 0 saturated heterocycles. The Balaban J connectivity index is 2.23. The molecule has 0 fully saturated rings. The first-order valence-corrected chi connectivity index (χ1v) is 6.91. The minimum atomic E-state index is 0.0369. The highest BCUT2D eigenvalue weighted by Crippen LogP contribution is 2.11. The fraction of sp³-hybridized carbons (Fsp3) is 0.533. The molecule has 0 saturated carbocycles. The standard InChI is InChI=1S/C15H25N3O2/c1-12(2)17-15(19)11-18(3)8-9-20-14-6-4-13(10-16)5-7-14/h4-7,12H,8-11,16H2,1-3H3,(H,17,19). The predicted molar refractivity (Wildman–Crippen MR) is 80.6 cm³/mol. The maximum atomic E-state index is 11.6. The summed E-state index contributed by atoms with van der Waals surface area (Å²) in [5.41, 5.74) is 6.62. The Morgan fingerprint density at radius 2 is 2.00 bits per heavy atom. The minimum Gasteiger partial charge on any atom is -0.492 e. The first-order valence-electron chi connectivity index (χ1n) is 6.91. The van der Waals surface area contributed by atoms with Crippen molar-refractivity contribution < 1.29 is 9.53 Å². The van der Waals surface area contributed by atoms with E-state index in [-0.39, 0.29) is 11.9 Å². The van der Waals surface area contributed by atoms with Crippen LogP contribution in [0.1, 0.15) is 19.4 Å². The molecule has 20 heavy (non-hydrogen) atoms. The number of nitrogens with one attached hydrogen (secondary N) is 1. The third-order valence-corrected chi connectivity index (χ3v) is 2.76. The Morgan fingerprint density at radius 3 is 2.55 bits per heavy atom. The van der Waals surface area contributed by atoms with Crippen molar-refractivity contribution in [1.29, 1.82) is 0 Å². The Labute approximate surface area is 121 Å². The van der Waals surface area contributed by atoms with E-state index < -0.39 is 0 Å². The molecule has 112 valence electrons. The van der Waals surface area contributed by atoms with Crippen LogP contribution in [0.5, 0.6) is 5.75 Å². The summed E-state index contributed by atoms with van der Waals surface area (Å²) in [5.74, 6) is 0.858. The van der Waals surface area contributed by atoms with Crippen molar-refractivity contribution >= 4 is 5.91 Å². The van der Waals surface area contributed by atoms with Crippen LogP contribution in [0.25, 0.3) is 0 Å². The number of rotatable bonds is 8. The average molecular weight is 279 g/mol. The van der Waals surface area contributed by atoms with E-state index in [1.54, 1.807) is 0 Å². The first-order chi connectivity index (χ1) is 9.51. The lowest BCUT2D eigenvalue weighted by Gasteiger charge is -2.17. The van der Waals surface area contributed by atoms with Gasteiger partial charge in [0.2, 0.25) is 5.91 Å². The zero-order chi connectivity index (χ0) is 15.0. The quantitative estimate of drug-likeness (QED) is 0.744. The maximum absolute atomic E-state index is 11.6. The number of nitrogens with zero attached hydrogens (tertiary/aromatic N) is 1. The molecule has 1 aromatic carbocycles. The molecule has 0 aromatic heterocycles. The number of ether oxygens (including phenoxy) is 1. The number of benzene rings is 1. The Bertz CT molecular complexity index is 404. The second-order valence-electron chi connectivity index (χ2n) is 5.16. The van der Waals surface area contributed by atoms with Crippen molar-refractivity contribution in [3.8, 4) is 5.75 Å². The van der Waals surface area contributed by atoms with E-state index in [1.165, 1.54) is 0 Å². The molecule has 1 aromatic rings. The van der Waals surface area contributed by atoms with Gasteiger partial charge >= 0.3 is 0 Å². The van der Waals surface area contributed by atoms with Gasteiger partial charge in [-0.1, -0.05) is 12.1 Å². The molecule has 0 aliphatic rings. The van der Waals surface area contributed by atoms with E-state index in [1.807, 2.05) is 50.1 Å². The molecular formula is C15H25N3O2. The van der Waals surface area contributed by atoms with E-state index in [0.29, 0.717) is 26.2 Å². The van der Waals surface area contributed by atoms with Crippen LogP contribution in [-0.2, 0) is 11.3 Å². The van der Waals surface area contributed by atoms with Crippen LogP contribution in [0, 0.1) is 0 Å². The Morgan fingerprint density at radius 1 is 1.35 bits per heavy atom. The molecule has 0 spiro atoms. The summed E-state index contributed by atoms with van der Waals surface area (Å²) in [5, 5.41) is 2.86. The van der Waals surface area contributed by atoms with Crippen LogP contribution >= 0.6 is 0 Å². The highest BCUT2D eigenvalue weighted by Gasteiger charge is 2.07. The zero-order valence-electron chi connectivity index (χ0n) is 12.6. The number of amides is 1. The maximum Gasteiger partial charge on any atom is 0.234 e. The zero-order valence-corrected chi connectivity index (χ0v) is 12.6. The van der Waals surface area contributed by atoms with Crippen LogP contribution in [0.3, 0.4) is 0 Å². The Hall–Kier alpha value is -1.59. The molecule has 0 unspecified atom stereocenters. The SMILES string of the molecule is CC(C)NC(=O)CN(C)CCOc1ccc(CN)cc1. The fourth-order valence-electron chi connectivity index (χ4n) is 1.73. The van der Waals surface area contributed by atoms with Crippen LogP contribution in [0.2, 0.25) is 0 Å². The molecule has 5 heteroatoms. The van der Waals surface area contributed by atoms with Gasteiger partial charge in [-0.2, -0.15) is 0 Å². The summed E-state index contributed by atoms with van der Waals surface area (Å²) < 4.78 is 5.62. The van der Waals surface area contributed by atoms with Crippen molar-refractivity contribution in [2.45, 2.75) is 26.4 Å². The molecule has 0 bridgehead atoms. The van der Waals surface area contributed by atoms with Gasteiger partial charge in [0, 0.05) is 19.1 Å². The van der Waals surface area contributed by atoms with Gasteiger partial charge in [0.15, 0.2) is 0 Å². The molecule has 5 nitrogen and oxygen atoms in total. The van der Waals surface area contributed by atoms with E-state index >= 15 is 0 Å². The number of carbonyl (C=O) groups is 1. The van der Waals surface area contributed by atoms with E-state index in [9.17, 15) is 4.79 Å². The van der Waals surface area contributed by atoms with Crippen LogP contribution in [0.15, 0.2) is 24.3 Å². The smallest absolute Gasteiger partial charge is 0.234 e. The monoisotopic (exact) mass is 279 g/mol. The van der Waals surface area contributed by atoms with Crippen LogP contribution < -0.4 is 15.8 Å². The van der Waals surface area contributed by atoms with Gasteiger partial charge < -0.3 is 15.8 Å². The summed E-state index contributed by atoms with van der Waals surface area (Å²) in [6.45, 7) is 6.07. The van der Waals surface area contributed by atoms with E-state index in [2.05, 4.69) is 5.32 Å². The van der Waals surface area contributed by atoms with Crippen LogP contribution in [0.4, 0.5) is 0 Å². The molecule has 0 radical (unpaired) electrons. The van der Waals surface area contributed by atoms with Gasteiger partial charge in [0.25, 0.3) is 0 Å². The summed E-state index contributed by atoms with van der Waals surface area (Å²) in [4.78, 5) is 13.5. The molecule has 1 amide bonds. The van der Waals surface area contributed by atoms with Gasteiger partial charge in [0.1, 0.15) is 12.4 Å². The van der Waals surface area contributed by atoms with Gasteiger partial charge in [-0.05, 0) is 38.6 Å². The van der Waals surface area contributed by atoms with Gasteiger partial charge in [-0.15, -0.1) is 0 Å². The molecule has 0 atom stereocenters. The van der Waals surface area contributed by atoms with Crippen molar-refractivity contribution in [1.82, 2.24) is 10.2 Å². The average Bonchev–Trinajstić information content (AvgIpc) is 2.38. The largest absolute Gasteiger partial charge is 0.492 e. The summed E-state index contributed by atoms with van der Waals surface area (Å²) in [6, 6.07) is 7.90. The predicted octanol–water partition coefficient (Wildman–Crippen LogP) is 0.981. The van der Waals surface area contributed by atoms with Crippen molar-refractivity contribution in [3.63, 3.8) is 0 Å². The second kappa shape index (κ2) is 8.55. The number of hydrogen-bond acceptors (Lipinski definition) is 4. The third-order valence-electron chi connectivity index (χ3n) is 2.76. The lowest BCUT2D eigenvalue weighted by Crippen LogP contribution is -2.39. The fourth-order valence-corrected chi connectivity index (χ4v) is 1.73. The molecular weight excluding hydrogens is 254 g/mol. The highest BCUT2D eigenvalue weighted by molar-refractivity contribution is 5.78. The van der Waals surface area contributed by atoms with E-state index in [0.717, 1.165) is 11.3 Å². The molecule has 0 aliphatic carbocycles. The van der Waals surface area contributed by atoms with E-state index in [4.69, 9.17) is 10.5 Å². The normalized spacial score (nSPS) is 10.9. The minimum absolute atomic E-state index is 0.0369. The van der Waals surface area contributed by atoms with Gasteiger partial charge in [0.05, 0.1) is 6.54 Å². The number of likely N-dealkylation sites (N-methyl/N-ethyl adjacent to an activating group) is 1. The van der Waals surface area contributed by atoms with Crippen molar-refractivity contribution in [2.24, 2.45) is 5.73 Å². The van der Waals surface area contributed by atoms with Crippen LogP contribution in [-0.4, -0.2) is 43.6 Å². The number of hydrogen-bond donors (Lipinski definition) is 2. The molecule has 0 aliphatic heterocycles.